The highest BCUT2D eigenvalue weighted by Crippen LogP contribution is 2.33. The van der Waals surface area contributed by atoms with Gasteiger partial charge in [-0.25, -0.2) is 0 Å². The molecule has 0 aliphatic rings. The average Bonchev–Trinajstić information content (AvgIpc) is 3.40. The Morgan fingerprint density at radius 2 is 0.985 bits per heavy atom. The van der Waals surface area contributed by atoms with E-state index in [0.29, 0.717) is 0 Å². The van der Waals surface area contributed by atoms with Crippen molar-refractivity contribution >= 4 is 17.0 Å². The molecule has 0 saturated heterocycles. The van der Waals surface area contributed by atoms with Gasteiger partial charge in [0.05, 0.1) is 11.4 Å². The minimum Gasteiger partial charge on any atom is -0.264 e. The van der Waals surface area contributed by atoms with E-state index in [2.05, 4.69) is 227 Å². The SMILES string of the molecule is CC=C(C=CC=C(C)CC)c1cccc(-c2ccc(C(C)C(C)C(=NN=C(C)c3ccc(-c4cccc(-c5cccnc5)c4)cc3)c3ccc(-c4cccc(-c5cccnc5)c4)cc3)cc2)c1. The Labute approximate surface area is 397 Å². The zero-order chi connectivity index (χ0) is 46.5. The monoisotopic (exact) mass is 870 g/mol. The third-order valence-electron chi connectivity index (χ3n) is 12.8. The number of nitrogens with zero attached hydrogens (tertiary/aromatic N) is 4. The molecule has 0 spiro atoms. The molecule has 67 heavy (non-hydrogen) atoms. The molecule has 0 amide bonds. The van der Waals surface area contributed by atoms with Crippen molar-refractivity contribution in [2.45, 2.75) is 53.9 Å². The van der Waals surface area contributed by atoms with Gasteiger partial charge in [0.25, 0.3) is 0 Å². The lowest BCUT2D eigenvalue weighted by Crippen LogP contribution is -2.19. The predicted octanol–water partition coefficient (Wildman–Crippen LogP) is 16.8. The number of rotatable bonds is 15. The van der Waals surface area contributed by atoms with E-state index in [1.807, 2.05) is 37.6 Å². The summed E-state index contributed by atoms with van der Waals surface area (Å²) in [5.74, 6) is 0.209. The summed E-state index contributed by atoms with van der Waals surface area (Å²) >= 11 is 0. The van der Waals surface area contributed by atoms with Crippen molar-refractivity contribution in [2.75, 3.05) is 0 Å². The number of aromatic nitrogens is 2. The maximum atomic E-state index is 5.11. The molecular formula is C63H58N4. The van der Waals surface area contributed by atoms with Gasteiger partial charge in [-0.3, -0.25) is 9.97 Å². The van der Waals surface area contributed by atoms with Crippen molar-refractivity contribution in [3.05, 3.63) is 247 Å². The van der Waals surface area contributed by atoms with Gasteiger partial charge in [0.15, 0.2) is 0 Å². The fraction of sp³-hybridized carbons (Fsp3) is 0.143. The highest BCUT2D eigenvalue weighted by molar-refractivity contribution is 6.04. The van der Waals surface area contributed by atoms with Crippen molar-refractivity contribution < 1.29 is 0 Å². The van der Waals surface area contributed by atoms with Crippen LogP contribution >= 0.6 is 0 Å². The van der Waals surface area contributed by atoms with Gasteiger partial charge in [-0.15, -0.1) is 0 Å². The van der Waals surface area contributed by atoms with Crippen molar-refractivity contribution in [1.82, 2.24) is 9.97 Å². The molecule has 6 aromatic carbocycles. The van der Waals surface area contributed by atoms with E-state index in [4.69, 9.17) is 10.2 Å². The van der Waals surface area contributed by atoms with Crippen LogP contribution in [0.4, 0.5) is 0 Å². The van der Waals surface area contributed by atoms with Crippen molar-refractivity contribution in [2.24, 2.45) is 16.1 Å². The van der Waals surface area contributed by atoms with Crippen LogP contribution in [0.5, 0.6) is 0 Å². The summed E-state index contributed by atoms with van der Waals surface area (Å²) in [4.78, 5) is 8.65. The summed E-state index contributed by atoms with van der Waals surface area (Å²) in [6.07, 6.45) is 17.2. The summed E-state index contributed by atoms with van der Waals surface area (Å²) in [5.41, 5.74) is 20.4. The third-order valence-corrected chi connectivity index (χ3v) is 12.8. The third kappa shape index (κ3) is 11.4. The van der Waals surface area contributed by atoms with Crippen molar-refractivity contribution in [3.8, 4) is 55.6 Å². The van der Waals surface area contributed by atoms with Crippen LogP contribution in [-0.4, -0.2) is 21.4 Å². The molecule has 0 fully saturated rings. The molecular weight excluding hydrogens is 813 g/mol. The number of hydrogen-bond acceptors (Lipinski definition) is 4. The molecule has 8 aromatic rings. The minimum absolute atomic E-state index is 0.0504. The van der Waals surface area contributed by atoms with Gasteiger partial charge < -0.3 is 0 Å². The van der Waals surface area contributed by atoms with Crippen molar-refractivity contribution in [1.29, 1.82) is 0 Å². The number of benzene rings is 6. The molecule has 2 aromatic heterocycles. The second kappa shape index (κ2) is 21.9. The molecule has 0 aliphatic heterocycles. The van der Waals surface area contributed by atoms with Crippen LogP contribution < -0.4 is 0 Å². The molecule has 2 heterocycles. The molecule has 0 N–H and O–H groups in total. The van der Waals surface area contributed by atoms with Crippen LogP contribution in [0, 0.1) is 5.92 Å². The fourth-order valence-corrected chi connectivity index (χ4v) is 8.34. The Morgan fingerprint density at radius 1 is 0.507 bits per heavy atom. The van der Waals surface area contributed by atoms with E-state index in [9.17, 15) is 0 Å². The van der Waals surface area contributed by atoms with E-state index in [1.54, 1.807) is 6.20 Å². The average molecular weight is 871 g/mol. The number of pyridine rings is 2. The van der Waals surface area contributed by atoms with Crippen LogP contribution in [0.3, 0.4) is 0 Å². The molecule has 0 saturated carbocycles. The van der Waals surface area contributed by atoms with Crippen molar-refractivity contribution in [3.63, 3.8) is 0 Å². The zero-order valence-corrected chi connectivity index (χ0v) is 39.4. The molecule has 0 aliphatic carbocycles. The zero-order valence-electron chi connectivity index (χ0n) is 39.4. The minimum atomic E-state index is 0.0504. The normalized spacial score (nSPS) is 13.5. The van der Waals surface area contributed by atoms with Gasteiger partial charge >= 0.3 is 0 Å². The van der Waals surface area contributed by atoms with Crippen LogP contribution in [0.2, 0.25) is 0 Å². The summed E-state index contributed by atoms with van der Waals surface area (Å²) in [5, 5.41) is 10.1. The van der Waals surface area contributed by atoms with E-state index < -0.39 is 0 Å². The molecule has 8 rings (SSSR count). The molecule has 330 valence electrons. The second-order valence-electron chi connectivity index (χ2n) is 17.2. The van der Waals surface area contributed by atoms with E-state index in [-0.39, 0.29) is 11.8 Å². The lowest BCUT2D eigenvalue weighted by Gasteiger charge is -2.23. The van der Waals surface area contributed by atoms with E-state index >= 15 is 0 Å². The lowest BCUT2D eigenvalue weighted by molar-refractivity contribution is 0.622. The first-order valence-electron chi connectivity index (χ1n) is 23.3. The summed E-state index contributed by atoms with van der Waals surface area (Å²) in [7, 11) is 0. The fourth-order valence-electron chi connectivity index (χ4n) is 8.34. The highest BCUT2D eigenvalue weighted by atomic mass is 15.2. The smallest absolute Gasteiger partial charge is 0.0736 e. The van der Waals surface area contributed by atoms with Gasteiger partial charge in [-0.2, -0.15) is 10.2 Å². The first-order chi connectivity index (χ1) is 32.8. The maximum absolute atomic E-state index is 5.11. The second-order valence-corrected chi connectivity index (χ2v) is 17.2. The Balaban J connectivity index is 1.07. The van der Waals surface area contributed by atoms with Crippen LogP contribution in [0.1, 0.15) is 76.1 Å². The molecule has 2 unspecified atom stereocenters. The van der Waals surface area contributed by atoms with E-state index in [1.165, 1.54) is 33.4 Å². The van der Waals surface area contributed by atoms with Gasteiger partial charge in [0.2, 0.25) is 0 Å². The Bertz CT molecular complexity index is 3060. The van der Waals surface area contributed by atoms with Gasteiger partial charge in [0.1, 0.15) is 0 Å². The summed E-state index contributed by atoms with van der Waals surface area (Å²) in [6, 6.07) is 60.6. The van der Waals surface area contributed by atoms with E-state index in [0.717, 1.165) is 73.5 Å². The first-order valence-corrected chi connectivity index (χ1v) is 23.3. The molecule has 0 radical (unpaired) electrons. The van der Waals surface area contributed by atoms with Crippen LogP contribution in [0.15, 0.2) is 235 Å². The molecule has 2 atom stereocenters. The molecule has 4 heteroatoms. The first kappa shape index (κ1) is 45.7. The summed E-state index contributed by atoms with van der Waals surface area (Å²) < 4.78 is 0. The Hall–Kier alpha value is -7.82. The topological polar surface area (TPSA) is 50.5 Å². The molecule has 4 nitrogen and oxygen atoms in total. The van der Waals surface area contributed by atoms with Gasteiger partial charge in [-0.05, 0) is 136 Å². The van der Waals surface area contributed by atoms with Crippen LogP contribution in [0.25, 0.3) is 61.2 Å². The van der Waals surface area contributed by atoms with Gasteiger partial charge in [-0.1, -0.05) is 190 Å². The Kier molecular flexibility index (Phi) is 15.0. The standard InChI is InChI=1S/C63H58N4/c1-7-44(3)15-9-16-48(8-2)55-17-10-18-56(39-55)51-29-25-49(26-30-51)45(4)46(5)63(54-35-33-53(34-36-54)58-20-12-22-60(41-58)62-24-14-38-65-43-62)67-66-47(6)50-27-31-52(32-28-50)57-19-11-21-59(40-57)61-23-13-37-64-42-61/h8-43,45-46H,7H2,1-6H3. The number of allylic oxidation sites excluding steroid dienone is 6. The number of hydrogen-bond donors (Lipinski definition) is 0. The Morgan fingerprint density at radius 3 is 1.49 bits per heavy atom. The van der Waals surface area contributed by atoms with Gasteiger partial charge in [0, 0.05) is 41.8 Å². The summed E-state index contributed by atoms with van der Waals surface area (Å²) in [6.45, 7) is 13.1. The maximum Gasteiger partial charge on any atom is 0.0736 e. The van der Waals surface area contributed by atoms with Crippen LogP contribution in [-0.2, 0) is 0 Å². The predicted molar refractivity (Wildman–Crippen MR) is 285 cm³/mol. The molecule has 0 bridgehead atoms. The highest BCUT2D eigenvalue weighted by Gasteiger charge is 2.22. The lowest BCUT2D eigenvalue weighted by atomic mass is 9.82. The quantitative estimate of drug-likeness (QED) is 0.0585. The largest absolute Gasteiger partial charge is 0.264 e.